The lowest BCUT2D eigenvalue weighted by atomic mass is 10.0. The molecule has 104 valence electrons. The first-order chi connectivity index (χ1) is 8.82. The lowest BCUT2D eigenvalue weighted by Crippen LogP contribution is -2.43. The molecule has 6 heteroatoms. The summed E-state index contributed by atoms with van der Waals surface area (Å²) in [4.78, 5) is 10.9. The van der Waals surface area contributed by atoms with E-state index in [0.717, 1.165) is 25.7 Å². The van der Waals surface area contributed by atoms with Crippen molar-refractivity contribution in [3.8, 4) is 0 Å². The fourth-order valence-corrected chi connectivity index (χ4v) is 3.95. The maximum absolute atomic E-state index is 12.3. The van der Waals surface area contributed by atoms with Crippen LogP contribution in [-0.4, -0.2) is 25.0 Å². The highest BCUT2D eigenvalue weighted by Gasteiger charge is 2.33. The van der Waals surface area contributed by atoms with Crippen LogP contribution in [0.2, 0.25) is 0 Å². The molecule has 0 saturated heterocycles. The summed E-state index contributed by atoms with van der Waals surface area (Å²) < 4.78 is 27.2. The van der Waals surface area contributed by atoms with Gasteiger partial charge in [-0.05, 0) is 38.0 Å². The van der Waals surface area contributed by atoms with Crippen LogP contribution in [-0.2, 0) is 10.0 Å². The third-order valence-electron chi connectivity index (χ3n) is 3.48. The van der Waals surface area contributed by atoms with Gasteiger partial charge < -0.3 is 5.11 Å². The summed E-state index contributed by atoms with van der Waals surface area (Å²) in [6.07, 6.45) is 3.64. The third kappa shape index (κ3) is 3.13. The molecule has 0 atom stereocenters. The van der Waals surface area contributed by atoms with Gasteiger partial charge in [0.1, 0.15) is 0 Å². The molecule has 0 bridgehead atoms. The molecule has 1 fully saturated rings. The quantitative estimate of drug-likeness (QED) is 0.885. The average molecular weight is 283 g/mol. The second kappa shape index (κ2) is 4.94. The molecule has 0 amide bonds. The van der Waals surface area contributed by atoms with Gasteiger partial charge in [-0.3, -0.25) is 0 Å². The summed E-state index contributed by atoms with van der Waals surface area (Å²) in [6.45, 7) is 1.89. The van der Waals surface area contributed by atoms with E-state index in [2.05, 4.69) is 4.72 Å². The summed E-state index contributed by atoms with van der Waals surface area (Å²) >= 11 is 0. The number of sulfonamides is 1. The van der Waals surface area contributed by atoms with Crippen molar-refractivity contribution in [2.24, 2.45) is 0 Å². The maximum atomic E-state index is 12.3. The van der Waals surface area contributed by atoms with Crippen LogP contribution in [0.5, 0.6) is 0 Å². The molecule has 1 aliphatic rings. The Morgan fingerprint density at radius 1 is 1.32 bits per heavy atom. The molecule has 0 radical (unpaired) electrons. The van der Waals surface area contributed by atoms with Crippen molar-refractivity contribution in [2.45, 2.75) is 43.0 Å². The zero-order valence-electron chi connectivity index (χ0n) is 10.7. The van der Waals surface area contributed by atoms with Crippen LogP contribution >= 0.6 is 0 Å². The van der Waals surface area contributed by atoms with Gasteiger partial charge in [0.05, 0.1) is 10.5 Å². The molecule has 5 nitrogen and oxygen atoms in total. The second-order valence-electron chi connectivity index (χ2n) is 5.21. The van der Waals surface area contributed by atoms with E-state index in [-0.39, 0.29) is 10.5 Å². The predicted molar refractivity (Wildman–Crippen MR) is 70.6 cm³/mol. The van der Waals surface area contributed by atoms with Crippen LogP contribution in [0, 0.1) is 0 Å². The Kier molecular flexibility index (Phi) is 3.64. The first kappa shape index (κ1) is 14.0. The minimum Gasteiger partial charge on any atom is -0.478 e. The Bertz CT molecular complexity index is 588. The molecule has 1 aliphatic carbocycles. The standard InChI is InChI=1S/C13H17NO4S/c1-13(7-2-3-8-13)14-19(17,18)11-6-4-5-10(9-11)12(15)16/h4-6,9,14H,2-3,7-8H2,1H3,(H,15,16). The third-order valence-corrected chi connectivity index (χ3v) is 5.12. The first-order valence-corrected chi connectivity index (χ1v) is 7.68. The van der Waals surface area contributed by atoms with Gasteiger partial charge in [0.15, 0.2) is 0 Å². The van der Waals surface area contributed by atoms with E-state index >= 15 is 0 Å². The summed E-state index contributed by atoms with van der Waals surface area (Å²) in [7, 11) is -3.67. The van der Waals surface area contributed by atoms with E-state index in [9.17, 15) is 13.2 Å². The second-order valence-corrected chi connectivity index (χ2v) is 6.89. The Morgan fingerprint density at radius 2 is 1.95 bits per heavy atom. The Balaban J connectivity index is 2.29. The van der Waals surface area contributed by atoms with Gasteiger partial charge in [-0.25, -0.2) is 17.9 Å². The fraction of sp³-hybridized carbons (Fsp3) is 0.462. The summed E-state index contributed by atoms with van der Waals surface area (Å²) in [5.41, 5.74) is -0.447. The van der Waals surface area contributed by atoms with E-state index in [1.807, 2.05) is 6.92 Å². The Labute approximate surface area is 112 Å². The number of hydrogen-bond acceptors (Lipinski definition) is 3. The van der Waals surface area contributed by atoms with Gasteiger partial charge in [-0.15, -0.1) is 0 Å². The molecule has 0 spiro atoms. The highest BCUT2D eigenvalue weighted by atomic mass is 32.2. The zero-order chi connectivity index (χ0) is 14.1. The minimum absolute atomic E-state index is 0.000486. The van der Waals surface area contributed by atoms with Crippen LogP contribution in [0.15, 0.2) is 29.2 Å². The lowest BCUT2D eigenvalue weighted by Gasteiger charge is -2.24. The summed E-state index contributed by atoms with van der Waals surface area (Å²) in [5, 5.41) is 8.89. The summed E-state index contributed by atoms with van der Waals surface area (Å²) in [5.74, 6) is -1.14. The van der Waals surface area contributed by atoms with Gasteiger partial charge in [0.2, 0.25) is 10.0 Å². The number of hydrogen-bond donors (Lipinski definition) is 2. The van der Waals surface area contributed by atoms with Gasteiger partial charge >= 0.3 is 5.97 Å². The Hall–Kier alpha value is -1.40. The number of rotatable bonds is 4. The number of carboxylic acids is 1. The van der Waals surface area contributed by atoms with Gasteiger partial charge in [-0.1, -0.05) is 18.9 Å². The van der Waals surface area contributed by atoms with E-state index < -0.39 is 21.5 Å². The van der Waals surface area contributed by atoms with Gasteiger partial charge in [0, 0.05) is 5.54 Å². The van der Waals surface area contributed by atoms with Crippen molar-refractivity contribution < 1.29 is 18.3 Å². The zero-order valence-corrected chi connectivity index (χ0v) is 11.5. The van der Waals surface area contributed by atoms with Crippen LogP contribution in [0.1, 0.15) is 43.0 Å². The minimum atomic E-state index is -3.67. The number of benzene rings is 1. The molecule has 0 aromatic heterocycles. The van der Waals surface area contributed by atoms with Crippen molar-refractivity contribution in [3.63, 3.8) is 0 Å². The molecule has 0 unspecified atom stereocenters. The van der Waals surface area contributed by atoms with Crippen molar-refractivity contribution in [3.05, 3.63) is 29.8 Å². The largest absolute Gasteiger partial charge is 0.478 e. The Morgan fingerprint density at radius 3 is 2.53 bits per heavy atom. The number of nitrogens with one attached hydrogen (secondary N) is 1. The molecule has 0 heterocycles. The molecule has 1 aromatic carbocycles. The van der Waals surface area contributed by atoms with E-state index in [1.54, 1.807) is 0 Å². The van der Waals surface area contributed by atoms with Crippen molar-refractivity contribution in [1.29, 1.82) is 0 Å². The van der Waals surface area contributed by atoms with Gasteiger partial charge in [0.25, 0.3) is 0 Å². The molecule has 1 aromatic rings. The van der Waals surface area contributed by atoms with Crippen molar-refractivity contribution in [2.75, 3.05) is 0 Å². The summed E-state index contributed by atoms with van der Waals surface area (Å²) in [6, 6.07) is 5.41. The SMILES string of the molecule is CC1(NS(=O)(=O)c2cccc(C(=O)O)c2)CCCC1. The van der Waals surface area contributed by atoms with E-state index in [4.69, 9.17) is 5.11 Å². The van der Waals surface area contributed by atoms with Crippen molar-refractivity contribution in [1.82, 2.24) is 4.72 Å². The van der Waals surface area contributed by atoms with Gasteiger partial charge in [-0.2, -0.15) is 0 Å². The lowest BCUT2D eigenvalue weighted by molar-refractivity contribution is 0.0696. The van der Waals surface area contributed by atoms with Crippen LogP contribution < -0.4 is 4.72 Å². The van der Waals surface area contributed by atoms with E-state index in [0.29, 0.717) is 0 Å². The number of carboxylic acid groups (broad SMARTS) is 1. The van der Waals surface area contributed by atoms with Crippen LogP contribution in [0.4, 0.5) is 0 Å². The fourth-order valence-electron chi connectivity index (χ4n) is 2.44. The highest BCUT2D eigenvalue weighted by Crippen LogP contribution is 2.30. The molecule has 19 heavy (non-hydrogen) atoms. The molecule has 2 N–H and O–H groups in total. The van der Waals surface area contributed by atoms with Crippen LogP contribution in [0.3, 0.4) is 0 Å². The number of aromatic carboxylic acids is 1. The van der Waals surface area contributed by atoms with Crippen molar-refractivity contribution >= 4 is 16.0 Å². The average Bonchev–Trinajstić information content (AvgIpc) is 2.75. The first-order valence-electron chi connectivity index (χ1n) is 6.20. The molecule has 1 saturated carbocycles. The predicted octanol–water partition coefficient (Wildman–Crippen LogP) is 2.00. The number of carbonyl (C=O) groups is 1. The molecular formula is C13H17NO4S. The van der Waals surface area contributed by atoms with Crippen LogP contribution in [0.25, 0.3) is 0 Å². The highest BCUT2D eigenvalue weighted by molar-refractivity contribution is 7.89. The topological polar surface area (TPSA) is 83.5 Å². The molecule has 2 rings (SSSR count). The maximum Gasteiger partial charge on any atom is 0.335 e. The normalized spacial score (nSPS) is 18.4. The smallest absolute Gasteiger partial charge is 0.335 e. The monoisotopic (exact) mass is 283 g/mol. The molecular weight excluding hydrogens is 266 g/mol. The molecule has 0 aliphatic heterocycles. The van der Waals surface area contributed by atoms with E-state index in [1.165, 1.54) is 24.3 Å².